The minimum Gasteiger partial charge on any atom is -0.480 e. The lowest BCUT2D eigenvalue weighted by atomic mass is 9.91. The molecule has 6 heteroatoms. The van der Waals surface area contributed by atoms with Crippen molar-refractivity contribution in [3.63, 3.8) is 0 Å². The molecule has 0 spiro atoms. The van der Waals surface area contributed by atoms with E-state index in [1.807, 2.05) is 30.3 Å². The summed E-state index contributed by atoms with van der Waals surface area (Å²) in [5.41, 5.74) is -0.189. The van der Waals surface area contributed by atoms with Gasteiger partial charge in [-0.1, -0.05) is 30.3 Å². The lowest BCUT2D eigenvalue weighted by Gasteiger charge is -2.38. The maximum atomic E-state index is 13.1. The minimum absolute atomic E-state index is 0.0595. The van der Waals surface area contributed by atoms with Crippen LogP contribution in [0.1, 0.15) is 31.2 Å². The van der Waals surface area contributed by atoms with Gasteiger partial charge in [0, 0.05) is 13.2 Å². The molecule has 1 aromatic rings. The van der Waals surface area contributed by atoms with Gasteiger partial charge in [0.15, 0.2) is 0 Å². The van der Waals surface area contributed by atoms with Gasteiger partial charge in [-0.2, -0.15) is 0 Å². The first-order valence-electron chi connectivity index (χ1n) is 9.39. The van der Waals surface area contributed by atoms with Gasteiger partial charge in [-0.25, -0.2) is 0 Å². The smallest absolute Gasteiger partial charge is 0.319 e. The number of aliphatic carboxylic acids is 1. The van der Waals surface area contributed by atoms with Gasteiger partial charge in [-0.05, 0) is 37.2 Å². The Kier molecular flexibility index (Phi) is 4.71. The molecule has 4 rings (SSSR count). The highest BCUT2D eigenvalue weighted by atomic mass is 16.5. The molecule has 2 aliphatic heterocycles. The van der Waals surface area contributed by atoms with Crippen molar-refractivity contribution in [2.75, 3.05) is 19.8 Å². The highest BCUT2D eigenvalue weighted by Gasteiger charge is 2.70. The molecule has 140 valence electrons. The summed E-state index contributed by atoms with van der Waals surface area (Å²) >= 11 is 0. The highest BCUT2D eigenvalue weighted by Crippen LogP contribution is 2.59. The van der Waals surface area contributed by atoms with Crippen molar-refractivity contribution in [1.82, 2.24) is 4.90 Å². The van der Waals surface area contributed by atoms with Crippen molar-refractivity contribution in [3.8, 4) is 0 Å². The zero-order chi connectivity index (χ0) is 18.1. The molecule has 0 bridgehead atoms. The number of piperidine rings is 1. The second-order valence-electron chi connectivity index (χ2n) is 7.66. The Hall–Kier alpha value is -1.92. The number of likely N-dealkylation sites (tertiary alicyclic amines) is 1. The van der Waals surface area contributed by atoms with E-state index in [2.05, 4.69) is 0 Å². The number of ether oxygens (including phenoxy) is 2. The SMILES string of the molecule is O=C(O)C12CC1CC(COC1CCCOC1)N(Cc1ccccc1)C2=O. The second kappa shape index (κ2) is 7.00. The van der Waals surface area contributed by atoms with E-state index in [0.717, 1.165) is 25.0 Å². The van der Waals surface area contributed by atoms with Crippen LogP contribution in [0.5, 0.6) is 0 Å². The van der Waals surface area contributed by atoms with Crippen LogP contribution in [0.4, 0.5) is 0 Å². The predicted molar refractivity (Wildman–Crippen MR) is 93.4 cm³/mol. The Bertz CT molecular complexity index is 672. The standard InChI is InChI=1S/C20H25NO5/c22-18-20(19(23)24)10-15(20)9-16(12-26-17-7-4-8-25-13-17)21(18)11-14-5-2-1-3-6-14/h1-3,5-6,15-17H,4,7-13H2,(H,23,24). The number of carbonyl (C=O) groups excluding carboxylic acids is 1. The number of rotatable bonds is 6. The zero-order valence-electron chi connectivity index (χ0n) is 14.8. The lowest BCUT2D eigenvalue weighted by Crippen LogP contribution is -2.53. The molecule has 2 saturated heterocycles. The first-order chi connectivity index (χ1) is 12.6. The lowest BCUT2D eigenvalue weighted by molar-refractivity contribution is -0.161. The van der Waals surface area contributed by atoms with E-state index in [4.69, 9.17) is 9.47 Å². The van der Waals surface area contributed by atoms with Gasteiger partial charge in [0.2, 0.25) is 5.91 Å². The monoisotopic (exact) mass is 359 g/mol. The second-order valence-corrected chi connectivity index (χ2v) is 7.66. The number of nitrogens with zero attached hydrogens (tertiary/aromatic N) is 1. The Labute approximate surface area is 153 Å². The quantitative estimate of drug-likeness (QED) is 0.787. The molecule has 2 heterocycles. The Morgan fingerprint density at radius 2 is 2.15 bits per heavy atom. The van der Waals surface area contributed by atoms with Crippen LogP contribution in [-0.4, -0.2) is 53.8 Å². The summed E-state index contributed by atoms with van der Waals surface area (Å²) in [6.45, 7) is 2.25. The molecule has 1 amide bonds. The van der Waals surface area contributed by atoms with E-state index in [1.165, 1.54) is 0 Å². The van der Waals surface area contributed by atoms with Gasteiger partial charge in [0.05, 0.1) is 25.4 Å². The molecule has 4 unspecified atom stereocenters. The van der Waals surface area contributed by atoms with E-state index in [0.29, 0.717) is 32.6 Å². The summed E-state index contributed by atoms with van der Waals surface area (Å²) in [5, 5.41) is 9.62. The molecule has 26 heavy (non-hydrogen) atoms. The third-order valence-electron chi connectivity index (χ3n) is 5.97. The molecule has 3 aliphatic rings. The molecule has 3 fully saturated rings. The van der Waals surface area contributed by atoms with E-state index in [9.17, 15) is 14.7 Å². The van der Waals surface area contributed by atoms with Gasteiger partial charge in [0.25, 0.3) is 0 Å². The van der Waals surface area contributed by atoms with E-state index >= 15 is 0 Å². The fourth-order valence-corrected chi connectivity index (χ4v) is 4.34. The average Bonchev–Trinajstić information content (AvgIpc) is 3.40. The molecule has 0 aromatic heterocycles. The molecular formula is C20H25NO5. The first kappa shape index (κ1) is 17.5. The van der Waals surface area contributed by atoms with Crippen LogP contribution in [0.3, 0.4) is 0 Å². The zero-order valence-corrected chi connectivity index (χ0v) is 14.8. The Morgan fingerprint density at radius 3 is 2.85 bits per heavy atom. The van der Waals surface area contributed by atoms with Crippen molar-refractivity contribution in [1.29, 1.82) is 0 Å². The minimum atomic E-state index is -1.20. The average molecular weight is 359 g/mol. The van der Waals surface area contributed by atoms with Gasteiger partial charge < -0.3 is 19.5 Å². The van der Waals surface area contributed by atoms with Gasteiger partial charge in [-0.3, -0.25) is 9.59 Å². The number of hydrogen-bond acceptors (Lipinski definition) is 4. The summed E-state index contributed by atoms with van der Waals surface area (Å²) in [4.78, 5) is 26.5. The number of fused-ring (bicyclic) bond motifs is 1. The molecule has 1 aliphatic carbocycles. The first-order valence-corrected chi connectivity index (χ1v) is 9.39. The summed E-state index contributed by atoms with van der Waals surface area (Å²) in [5.74, 6) is -1.29. The Morgan fingerprint density at radius 1 is 1.35 bits per heavy atom. The predicted octanol–water partition coefficient (Wildman–Crippen LogP) is 2.07. The van der Waals surface area contributed by atoms with Crippen LogP contribution in [0.25, 0.3) is 0 Å². The summed E-state index contributed by atoms with van der Waals surface area (Å²) in [6.07, 6.45) is 3.19. The number of hydrogen-bond donors (Lipinski definition) is 1. The van der Waals surface area contributed by atoms with Crippen LogP contribution in [-0.2, 0) is 25.6 Å². The summed E-state index contributed by atoms with van der Waals surface area (Å²) in [7, 11) is 0. The molecule has 6 nitrogen and oxygen atoms in total. The van der Waals surface area contributed by atoms with E-state index < -0.39 is 11.4 Å². The molecular weight excluding hydrogens is 334 g/mol. The molecule has 1 saturated carbocycles. The number of carbonyl (C=O) groups is 2. The molecule has 0 radical (unpaired) electrons. The highest BCUT2D eigenvalue weighted by molar-refractivity contribution is 6.06. The van der Waals surface area contributed by atoms with Crippen LogP contribution < -0.4 is 0 Å². The third kappa shape index (κ3) is 3.12. The van der Waals surface area contributed by atoms with Crippen molar-refractivity contribution >= 4 is 11.9 Å². The number of carboxylic acids is 1. The number of benzene rings is 1. The summed E-state index contributed by atoms with van der Waals surface area (Å²) < 4.78 is 11.5. The maximum Gasteiger partial charge on any atom is 0.319 e. The van der Waals surface area contributed by atoms with Crippen molar-refractivity contribution in [3.05, 3.63) is 35.9 Å². The number of amides is 1. The number of carboxylic acid groups (broad SMARTS) is 1. The third-order valence-corrected chi connectivity index (χ3v) is 5.97. The molecule has 4 atom stereocenters. The Balaban J connectivity index is 1.49. The topological polar surface area (TPSA) is 76.1 Å². The van der Waals surface area contributed by atoms with Gasteiger partial charge in [0.1, 0.15) is 5.41 Å². The fourth-order valence-electron chi connectivity index (χ4n) is 4.34. The van der Waals surface area contributed by atoms with Crippen molar-refractivity contribution in [2.45, 2.75) is 44.4 Å². The van der Waals surface area contributed by atoms with Crippen LogP contribution in [0, 0.1) is 11.3 Å². The van der Waals surface area contributed by atoms with E-state index in [1.54, 1.807) is 4.90 Å². The van der Waals surface area contributed by atoms with Crippen LogP contribution in [0.2, 0.25) is 0 Å². The maximum absolute atomic E-state index is 13.1. The van der Waals surface area contributed by atoms with Crippen molar-refractivity contribution in [2.24, 2.45) is 11.3 Å². The normalized spacial score (nSPS) is 33.6. The molecule has 1 aromatic carbocycles. The van der Waals surface area contributed by atoms with Gasteiger partial charge in [-0.15, -0.1) is 0 Å². The summed E-state index contributed by atoms with van der Waals surface area (Å²) in [6, 6.07) is 9.65. The van der Waals surface area contributed by atoms with Crippen LogP contribution >= 0.6 is 0 Å². The molecule has 1 N–H and O–H groups in total. The van der Waals surface area contributed by atoms with Crippen LogP contribution in [0.15, 0.2) is 30.3 Å². The van der Waals surface area contributed by atoms with Gasteiger partial charge >= 0.3 is 5.97 Å². The van der Waals surface area contributed by atoms with E-state index in [-0.39, 0.29) is 24.0 Å². The van der Waals surface area contributed by atoms with Crippen molar-refractivity contribution < 1.29 is 24.2 Å². The fraction of sp³-hybridized carbons (Fsp3) is 0.600. The largest absolute Gasteiger partial charge is 0.480 e.